The van der Waals surface area contributed by atoms with Gasteiger partial charge in [-0.1, -0.05) is 48.5 Å². The van der Waals surface area contributed by atoms with Crippen LogP contribution in [0.5, 0.6) is 0 Å². The van der Waals surface area contributed by atoms with Crippen molar-refractivity contribution < 1.29 is 9.52 Å². The van der Waals surface area contributed by atoms with E-state index in [0.717, 1.165) is 10.9 Å². The Morgan fingerprint density at radius 2 is 1.70 bits per heavy atom. The van der Waals surface area contributed by atoms with E-state index in [-0.39, 0.29) is 12.5 Å². The van der Waals surface area contributed by atoms with E-state index in [4.69, 9.17) is 4.42 Å². The van der Waals surface area contributed by atoms with E-state index in [1.54, 1.807) is 12.1 Å². The summed E-state index contributed by atoms with van der Waals surface area (Å²) < 4.78 is 5.33. The molecule has 2 aromatic carbocycles. The van der Waals surface area contributed by atoms with Gasteiger partial charge in [-0.2, -0.15) is 0 Å². The van der Waals surface area contributed by atoms with Gasteiger partial charge in [0, 0.05) is 16.9 Å². The lowest BCUT2D eigenvalue weighted by molar-refractivity contribution is 0.278. The second-order valence-electron chi connectivity index (χ2n) is 4.67. The number of aliphatic hydroxyl groups is 1. The first-order valence-electron chi connectivity index (χ1n) is 6.48. The Morgan fingerprint density at radius 3 is 2.45 bits per heavy atom. The highest BCUT2D eigenvalue weighted by molar-refractivity contribution is 5.76. The lowest BCUT2D eigenvalue weighted by Crippen LogP contribution is -2.16. The highest BCUT2D eigenvalue weighted by Crippen LogP contribution is 2.24. The molecular formula is C17H14O3. The molecule has 3 aromatic rings. The lowest BCUT2D eigenvalue weighted by Gasteiger charge is -2.14. The highest BCUT2D eigenvalue weighted by atomic mass is 16.4. The largest absolute Gasteiger partial charge is 0.423 e. The monoisotopic (exact) mass is 266 g/mol. The van der Waals surface area contributed by atoms with Crippen molar-refractivity contribution in [2.45, 2.75) is 5.92 Å². The third-order valence-corrected chi connectivity index (χ3v) is 3.43. The maximum absolute atomic E-state index is 12.1. The lowest BCUT2D eigenvalue weighted by atomic mass is 9.93. The number of para-hydroxylation sites is 1. The Labute approximate surface area is 116 Å². The fraction of sp³-hybridized carbons (Fsp3) is 0.118. The van der Waals surface area contributed by atoms with Gasteiger partial charge in [-0.25, -0.2) is 4.79 Å². The molecule has 0 bridgehead atoms. The van der Waals surface area contributed by atoms with Crippen LogP contribution in [-0.2, 0) is 0 Å². The van der Waals surface area contributed by atoms with Gasteiger partial charge in [0.25, 0.3) is 0 Å². The number of hydrogen-bond acceptors (Lipinski definition) is 3. The van der Waals surface area contributed by atoms with Gasteiger partial charge in [0.05, 0.1) is 6.61 Å². The summed E-state index contributed by atoms with van der Waals surface area (Å²) in [7, 11) is 0. The fourth-order valence-electron chi connectivity index (χ4n) is 2.39. The first kappa shape index (κ1) is 12.6. The molecule has 0 fully saturated rings. The third kappa shape index (κ3) is 2.24. The van der Waals surface area contributed by atoms with E-state index in [1.165, 1.54) is 0 Å². The zero-order valence-corrected chi connectivity index (χ0v) is 10.8. The van der Waals surface area contributed by atoms with Crippen molar-refractivity contribution in [3.63, 3.8) is 0 Å². The van der Waals surface area contributed by atoms with Gasteiger partial charge in [0.2, 0.25) is 0 Å². The van der Waals surface area contributed by atoms with E-state index < -0.39 is 5.63 Å². The summed E-state index contributed by atoms with van der Waals surface area (Å²) in [6.07, 6.45) is 0. The van der Waals surface area contributed by atoms with Gasteiger partial charge in [0.15, 0.2) is 0 Å². The Balaban J connectivity index is 2.17. The van der Waals surface area contributed by atoms with Crippen LogP contribution in [0.1, 0.15) is 17.0 Å². The molecule has 0 saturated heterocycles. The standard InChI is InChI=1S/C17H14O3/c18-11-15(12-6-2-1-3-7-12)14-10-13-8-4-5-9-16(13)20-17(14)19/h1-10,15,18H,11H2. The Morgan fingerprint density at radius 1 is 1.00 bits per heavy atom. The Bertz CT molecular complexity index is 775. The summed E-state index contributed by atoms with van der Waals surface area (Å²) in [6.45, 7) is -0.132. The summed E-state index contributed by atoms with van der Waals surface area (Å²) >= 11 is 0. The number of benzene rings is 2. The molecular weight excluding hydrogens is 252 g/mol. The normalized spacial score (nSPS) is 12.4. The van der Waals surface area contributed by atoms with Crippen LogP contribution in [0.2, 0.25) is 0 Å². The van der Waals surface area contributed by atoms with Crippen LogP contribution >= 0.6 is 0 Å². The maximum atomic E-state index is 12.1. The predicted molar refractivity (Wildman–Crippen MR) is 77.9 cm³/mol. The van der Waals surface area contributed by atoms with E-state index in [1.807, 2.05) is 48.5 Å². The molecule has 1 atom stereocenters. The van der Waals surface area contributed by atoms with Crippen LogP contribution in [0.15, 0.2) is 69.9 Å². The number of rotatable bonds is 3. The SMILES string of the molecule is O=c1oc2ccccc2cc1C(CO)c1ccccc1. The number of hydrogen-bond donors (Lipinski definition) is 1. The fourth-order valence-corrected chi connectivity index (χ4v) is 2.39. The summed E-state index contributed by atoms with van der Waals surface area (Å²) in [5.41, 5.74) is 1.55. The Hall–Kier alpha value is -2.39. The third-order valence-electron chi connectivity index (χ3n) is 3.43. The van der Waals surface area contributed by atoms with Crippen LogP contribution in [0.25, 0.3) is 11.0 Å². The molecule has 0 spiro atoms. The molecule has 1 unspecified atom stereocenters. The second kappa shape index (κ2) is 5.31. The quantitative estimate of drug-likeness (QED) is 0.741. The zero-order valence-electron chi connectivity index (χ0n) is 10.8. The van der Waals surface area contributed by atoms with Crippen molar-refractivity contribution in [2.75, 3.05) is 6.61 Å². The molecule has 100 valence electrons. The second-order valence-corrected chi connectivity index (χ2v) is 4.67. The average Bonchev–Trinajstić information content (AvgIpc) is 2.49. The molecule has 0 saturated carbocycles. The summed E-state index contributed by atoms with van der Waals surface area (Å²) in [4.78, 5) is 12.1. The molecule has 3 nitrogen and oxygen atoms in total. The van der Waals surface area contributed by atoms with Crippen molar-refractivity contribution in [3.05, 3.63) is 82.2 Å². The van der Waals surface area contributed by atoms with Crippen molar-refractivity contribution in [1.82, 2.24) is 0 Å². The molecule has 1 aromatic heterocycles. The van der Waals surface area contributed by atoms with Crippen molar-refractivity contribution in [1.29, 1.82) is 0 Å². The molecule has 0 aliphatic carbocycles. The first-order chi connectivity index (χ1) is 9.79. The minimum atomic E-state index is -0.397. The maximum Gasteiger partial charge on any atom is 0.340 e. The molecule has 3 heteroatoms. The van der Waals surface area contributed by atoms with Crippen molar-refractivity contribution in [3.8, 4) is 0 Å². The van der Waals surface area contributed by atoms with Gasteiger partial charge in [-0.3, -0.25) is 0 Å². The van der Waals surface area contributed by atoms with Crippen molar-refractivity contribution in [2.24, 2.45) is 0 Å². The smallest absolute Gasteiger partial charge is 0.340 e. The van der Waals surface area contributed by atoms with Gasteiger partial charge >= 0.3 is 5.63 Å². The molecule has 0 radical (unpaired) electrons. The molecule has 0 aliphatic rings. The molecule has 1 heterocycles. The van der Waals surface area contributed by atoms with Gasteiger partial charge in [-0.05, 0) is 17.7 Å². The van der Waals surface area contributed by atoms with Crippen LogP contribution < -0.4 is 5.63 Å². The van der Waals surface area contributed by atoms with Crippen LogP contribution in [-0.4, -0.2) is 11.7 Å². The van der Waals surface area contributed by atoms with Crippen LogP contribution in [0, 0.1) is 0 Å². The van der Waals surface area contributed by atoms with E-state index >= 15 is 0 Å². The molecule has 3 rings (SSSR count). The topological polar surface area (TPSA) is 50.4 Å². The van der Waals surface area contributed by atoms with Gasteiger partial charge < -0.3 is 9.52 Å². The van der Waals surface area contributed by atoms with E-state index in [9.17, 15) is 9.90 Å². The zero-order chi connectivity index (χ0) is 13.9. The van der Waals surface area contributed by atoms with E-state index in [2.05, 4.69) is 0 Å². The van der Waals surface area contributed by atoms with Crippen molar-refractivity contribution >= 4 is 11.0 Å². The minimum Gasteiger partial charge on any atom is -0.423 e. The Kier molecular flexibility index (Phi) is 3.35. The van der Waals surface area contributed by atoms with Gasteiger partial charge in [0.1, 0.15) is 5.58 Å². The van der Waals surface area contributed by atoms with Crippen LogP contribution in [0.4, 0.5) is 0 Å². The number of fused-ring (bicyclic) bond motifs is 1. The summed E-state index contributed by atoms with van der Waals surface area (Å²) in [5.74, 6) is -0.364. The average molecular weight is 266 g/mol. The molecule has 0 amide bonds. The number of aliphatic hydroxyl groups excluding tert-OH is 1. The molecule has 0 aliphatic heterocycles. The van der Waals surface area contributed by atoms with Gasteiger partial charge in [-0.15, -0.1) is 0 Å². The van der Waals surface area contributed by atoms with E-state index in [0.29, 0.717) is 11.1 Å². The molecule has 20 heavy (non-hydrogen) atoms. The first-order valence-corrected chi connectivity index (χ1v) is 6.48. The summed E-state index contributed by atoms with van der Waals surface area (Å²) in [6, 6.07) is 18.6. The highest BCUT2D eigenvalue weighted by Gasteiger charge is 2.18. The molecule has 1 N–H and O–H groups in total. The predicted octanol–water partition coefficient (Wildman–Crippen LogP) is 2.92. The van der Waals surface area contributed by atoms with Crippen LogP contribution in [0.3, 0.4) is 0 Å². The summed E-state index contributed by atoms with van der Waals surface area (Å²) in [5, 5.41) is 10.5. The minimum absolute atomic E-state index is 0.132.